The van der Waals surface area contributed by atoms with Crippen LogP contribution in [0.4, 0.5) is 0 Å². The highest BCUT2D eigenvalue weighted by atomic mass is 16.5. The smallest absolute Gasteiger partial charge is 0.330 e. The molecule has 0 spiro atoms. The van der Waals surface area contributed by atoms with Crippen molar-refractivity contribution in [1.82, 2.24) is 0 Å². The quantitative estimate of drug-likeness (QED) is 0.576. The first-order valence-corrected chi connectivity index (χ1v) is 5.11. The summed E-state index contributed by atoms with van der Waals surface area (Å²) in [6.07, 6.45) is 1.54. The summed E-state index contributed by atoms with van der Waals surface area (Å²) in [6, 6.07) is 0. The summed E-state index contributed by atoms with van der Waals surface area (Å²) in [6.45, 7) is 9.84. The van der Waals surface area contributed by atoms with E-state index in [9.17, 15) is 14.4 Å². The molecule has 102 valence electrons. The molecule has 0 radical (unpaired) electrons. The second kappa shape index (κ2) is 10.1. The molecule has 0 aromatic carbocycles. The average molecular weight is 258 g/mol. The fourth-order valence-corrected chi connectivity index (χ4v) is 0.475. The fourth-order valence-electron chi connectivity index (χ4n) is 0.475. The average Bonchev–Trinajstić information content (AvgIpc) is 2.70. The van der Waals surface area contributed by atoms with Crippen LogP contribution in [-0.4, -0.2) is 34.7 Å². The monoisotopic (exact) mass is 258 g/mol. The van der Waals surface area contributed by atoms with Crippen LogP contribution < -0.4 is 0 Å². The Morgan fingerprint density at radius 1 is 1.11 bits per heavy atom. The summed E-state index contributed by atoms with van der Waals surface area (Å²) in [5.41, 5.74) is 0.352. The maximum atomic E-state index is 10.0. The van der Waals surface area contributed by atoms with E-state index >= 15 is 0 Å². The third kappa shape index (κ3) is 13.9. The van der Waals surface area contributed by atoms with Gasteiger partial charge in [-0.25, -0.2) is 9.59 Å². The number of esters is 1. The Bertz CT molecular complexity index is 286. The number of cyclic esters (lactones) is 1. The number of carbonyl (C=O) groups is 3. The van der Waals surface area contributed by atoms with Crippen LogP contribution in [0.15, 0.2) is 24.3 Å². The molecular weight excluding hydrogens is 240 g/mol. The molecule has 1 rings (SSSR count). The molecule has 0 atom stereocenters. The summed E-state index contributed by atoms with van der Waals surface area (Å²) in [5.74, 6) is -1.92. The van der Waals surface area contributed by atoms with Crippen molar-refractivity contribution < 1.29 is 29.3 Å². The third-order valence-electron chi connectivity index (χ3n) is 1.52. The normalized spacial score (nSPS) is 12.0. The number of carboxylic acids is 2. The largest absolute Gasteiger partial charge is 0.478 e. The van der Waals surface area contributed by atoms with Gasteiger partial charge in [0, 0.05) is 17.6 Å². The summed E-state index contributed by atoms with van der Waals surface area (Å²) >= 11 is 0. The zero-order valence-electron chi connectivity index (χ0n) is 10.6. The topological polar surface area (TPSA) is 101 Å². The minimum Gasteiger partial charge on any atom is -0.478 e. The number of rotatable bonds is 2. The molecule has 0 aromatic heterocycles. The first kappa shape index (κ1) is 18.3. The number of aliphatic carboxylic acids is 2. The van der Waals surface area contributed by atoms with Gasteiger partial charge in [0.2, 0.25) is 0 Å². The molecule has 2 N–H and O–H groups in total. The van der Waals surface area contributed by atoms with Crippen LogP contribution in [0.2, 0.25) is 0 Å². The lowest BCUT2D eigenvalue weighted by atomic mass is 10.4. The van der Waals surface area contributed by atoms with E-state index in [0.717, 1.165) is 6.42 Å². The molecule has 1 fully saturated rings. The minimum absolute atomic E-state index is 0.0463. The van der Waals surface area contributed by atoms with Gasteiger partial charge in [-0.2, -0.15) is 0 Å². The van der Waals surface area contributed by atoms with E-state index in [4.69, 9.17) is 10.2 Å². The summed E-state index contributed by atoms with van der Waals surface area (Å²) in [7, 11) is 0. The Morgan fingerprint density at radius 2 is 1.44 bits per heavy atom. The van der Waals surface area contributed by atoms with Crippen molar-refractivity contribution in [3.8, 4) is 0 Å². The van der Waals surface area contributed by atoms with Crippen LogP contribution >= 0.6 is 0 Å². The van der Waals surface area contributed by atoms with E-state index in [1.807, 2.05) is 0 Å². The molecule has 0 aliphatic carbocycles. The van der Waals surface area contributed by atoms with Crippen LogP contribution in [0.25, 0.3) is 0 Å². The fraction of sp³-hybridized carbons (Fsp3) is 0.417. The first-order valence-electron chi connectivity index (χ1n) is 5.11. The Hall–Kier alpha value is -2.11. The molecule has 0 saturated carbocycles. The van der Waals surface area contributed by atoms with Crippen LogP contribution in [0.1, 0.15) is 26.7 Å². The zero-order chi connectivity index (χ0) is 14.7. The van der Waals surface area contributed by atoms with E-state index in [1.54, 1.807) is 0 Å². The predicted molar refractivity (Wildman–Crippen MR) is 65.1 cm³/mol. The predicted octanol–water partition coefficient (Wildman–Crippen LogP) is 1.62. The van der Waals surface area contributed by atoms with Gasteiger partial charge >= 0.3 is 17.9 Å². The molecule has 0 bridgehead atoms. The van der Waals surface area contributed by atoms with Gasteiger partial charge in [0.1, 0.15) is 0 Å². The van der Waals surface area contributed by atoms with Crippen molar-refractivity contribution in [1.29, 1.82) is 0 Å². The zero-order valence-corrected chi connectivity index (χ0v) is 10.6. The molecule has 1 saturated heterocycles. The van der Waals surface area contributed by atoms with Crippen molar-refractivity contribution in [3.05, 3.63) is 24.3 Å². The van der Waals surface area contributed by atoms with Gasteiger partial charge in [-0.3, -0.25) is 4.79 Å². The SMILES string of the molecule is C=C(C)C(=O)O.C=C(C)C(=O)O.O=C1CCCO1. The molecule has 18 heavy (non-hydrogen) atoms. The van der Waals surface area contributed by atoms with Crippen LogP contribution in [0.5, 0.6) is 0 Å². The Balaban J connectivity index is 0. The highest BCUT2D eigenvalue weighted by Crippen LogP contribution is 2.01. The Morgan fingerprint density at radius 3 is 1.50 bits per heavy atom. The maximum Gasteiger partial charge on any atom is 0.330 e. The van der Waals surface area contributed by atoms with E-state index in [0.29, 0.717) is 13.0 Å². The summed E-state index contributed by atoms with van der Waals surface area (Å²) < 4.78 is 4.51. The lowest BCUT2D eigenvalue weighted by molar-refractivity contribution is -0.138. The number of hydrogen-bond donors (Lipinski definition) is 2. The van der Waals surface area contributed by atoms with E-state index in [-0.39, 0.29) is 17.1 Å². The van der Waals surface area contributed by atoms with Crippen molar-refractivity contribution in [2.24, 2.45) is 0 Å². The van der Waals surface area contributed by atoms with E-state index in [1.165, 1.54) is 13.8 Å². The highest BCUT2D eigenvalue weighted by Gasteiger charge is 2.08. The number of carbonyl (C=O) groups excluding carboxylic acids is 1. The van der Waals surface area contributed by atoms with Crippen LogP contribution in [-0.2, 0) is 19.1 Å². The van der Waals surface area contributed by atoms with Gasteiger partial charge in [-0.05, 0) is 20.3 Å². The van der Waals surface area contributed by atoms with Crippen molar-refractivity contribution in [3.63, 3.8) is 0 Å². The molecule has 1 aliphatic heterocycles. The second-order valence-corrected chi connectivity index (χ2v) is 3.49. The second-order valence-electron chi connectivity index (χ2n) is 3.49. The molecule has 0 aromatic rings. The van der Waals surface area contributed by atoms with Gasteiger partial charge in [-0.15, -0.1) is 0 Å². The van der Waals surface area contributed by atoms with Gasteiger partial charge in [0.15, 0.2) is 0 Å². The lowest BCUT2D eigenvalue weighted by Crippen LogP contribution is -1.92. The van der Waals surface area contributed by atoms with E-state index in [2.05, 4.69) is 17.9 Å². The van der Waals surface area contributed by atoms with Crippen LogP contribution in [0.3, 0.4) is 0 Å². The molecule has 1 aliphatic rings. The van der Waals surface area contributed by atoms with Crippen molar-refractivity contribution >= 4 is 17.9 Å². The lowest BCUT2D eigenvalue weighted by Gasteiger charge is -1.81. The number of ether oxygens (including phenoxy) is 1. The molecule has 6 nitrogen and oxygen atoms in total. The Labute approximate surface area is 106 Å². The number of hydrogen-bond acceptors (Lipinski definition) is 4. The summed E-state index contributed by atoms with van der Waals surface area (Å²) in [4.78, 5) is 29.2. The van der Waals surface area contributed by atoms with Crippen molar-refractivity contribution in [2.75, 3.05) is 6.61 Å². The first-order chi connectivity index (χ1) is 8.18. The van der Waals surface area contributed by atoms with Gasteiger partial charge in [0.25, 0.3) is 0 Å². The maximum absolute atomic E-state index is 10.0. The minimum atomic E-state index is -0.935. The van der Waals surface area contributed by atoms with Crippen molar-refractivity contribution in [2.45, 2.75) is 26.7 Å². The van der Waals surface area contributed by atoms with E-state index < -0.39 is 11.9 Å². The van der Waals surface area contributed by atoms with Gasteiger partial charge in [0.05, 0.1) is 6.61 Å². The molecule has 6 heteroatoms. The highest BCUT2D eigenvalue weighted by molar-refractivity contribution is 5.85. The summed E-state index contributed by atoms with van der Waals surface area (Å²) in [5, 5.41) is 15.8. The van der Waals surface area contributed by atoms with Gasteiger partial charge < -0.3 is 14.9 Å². The molecule has 0 amide bonds. The van der Waals surface area contributed by atoms with Gasteiger partial charge in [-0.1, -0.05) is 13.2 Å². The molecule has 0 unspecified atom stereocenters. The molecular formula is C12H18O6. The number of carboxylic acid groups (broad SMARTS) is 2. The standard InChI is InChI=1S/3C4H6O2/c5-4-2-1-3-6-4;2*1-3(2)4(5)6/h1-3H2;2*1H2,2H3,(H,5,6). The van der Waals surface area contributed by atoms with Crippen LogP contribution in [0, 0.1) is 0 Å². The molecule has 1 heterocycles. The third-order valence-corrected chi connectivity index (χ3v) is 1.52. The Kier molecular flexibility index (Phi) is 10.2.